The van der Waals surface area contributed by atoms with Gasteiger partial charge in [-0.1, -0.05) is 78.9 Å². The number of carboxylic acid groups (broad SMARTS) is 1. The van der Waals surface area contributed by atoms with E-state index in [0.29, 0.717) is 0 Å². The highest BCUT2D eigenvalue weighted by atomic mass is 16.4. The standard InChI is InChI=1S/C20H20O2/c21-20(22)16-19-13-9-8-12-18(19)15-14-17-10-6-4-2-1-3-5-7-11-17/h1-13H,14-16H2,(H,21,22). The molecule has 2 aromatic carbocycles. The molecule has 0 radical (unpaired) electrons. The van der Waals surface area contributed by atoms with Crippen LogP contribution in [0.15, 0.2) is 78.9 Å². The van der Waals surface area contributed by atoms with Gasteiger partial charge in [0.15, 0.2) is 0 Å². The van der Waals surface area contributed by atoms with Crippen LogP contribution in [0.1, 0.15) is 16.7 Å². The molecule has 0 aliphatic heterocycles. The van der Waals surface area contributed by atoms with E-state index in [1.807, 2.05) is 66.7 Å². The van der Waals surface area contributed by atoms with Gasteiger partial charge in [0, 0.05) is 0 Å². The number of aliphatic carboxylic acids is 1. The molecule has 0 atom stereocenters. The Morgan fingerprint density at radius 3 is 1.77 bits per heavy atom. The second kappa shape index (κ2) is 8.63. The first-order chi connectivity index (χ1) is 10.8. The molecule has 2 aromatic rings. The van der Waals surface area contributed by atoms with E-state index in [4.69, 9.17) is 5.11 Å². The molecule has 0 heterocycles. The first-order valence-corrected chi connectivity index (χ1v) is 7.41. The highest BCUT2D eigenvalue weighted by molar-refractivity contribution is 5.70. The highest BCUT2D eigenvalue weighted by Gasteiger charge is 2.06. The number of carbonyl (C=O) groups is 1. The molecule has 0 aliphatic carbocycles. The van der Waals surface area contributed by atoms with Crippen molar-refractivity contribution in [1.82, 2.24) is 0 Å². The van der Waals surface area contributed by atoms with Gasteiger partial charge in [0.1, 0.15) is 0 Å². The van der Waals surface area contributed by atoms with Crippen molar-refractivity contribution in [2.24, 2.45) is 0 Å². The number of carboxylic acids is 1. The van der Waals surface area contributed by atoms with Crippen LogP contribution < -0.4 is 0 Å². The van der Waals surface area contributed by atoms with Crippen molar-refractivity contribution in [2.45, 2.75) is 19.3 Å². The van der Waals surface area contributed by atoms with Crippen molar-refractivity contribution in [1.29, 1.82) is 0 Å². The minimum atomic E-state index is -0.787. The average Bonchev–Trinajstić information content (AvgIpc) is 2.52. The van der Waals surface area contributed by atoms with E-state index in [2.05, 4.69) is 12.1 Å². The molecular weight excluding hydrogens is 272 g/mol. The Bertz CT molecular complexity index is 651. The van der Waals surface area contributed by atoms with Gasteiger partial charge >= 0.3 is 5.97 Å². The fourth-order valence-corrected chi connectivity index (χ4v) is 2.32. The summed E-state index contributed by atoms with van der Waals surface area (Å²) in [4.78, 5) is 10.9. The lowest BCUT2D eigenvalue weighted by Gasteiger charge is -2.07. The second-order valence-corrected chi connectivity index (χ2v) is 5.09. The van der Waals surface area contributed by atoms with Gasteiger partial charge in [-0.05, 0) is 29.5 Å². The quantitative estimate of drug-likeness (QED) is 0.895. The molecule has 112 valence electrons. The van der Waals surface area contributed by atoms with Crippen LogP contribution in [0.2, 0.25) is 0 Å². The maximum Gasteiger partial charge on any atom is 0.307 e. The van der Waals surface area contributed by atoms with Crippen LogP contribution in [0.4, 0.5) is 0 Å². The van der Waals surface area contributed by atoms with Gasteiger partial charge in [-0.3, -0.25) is 4.79 Å². The molecule has 22 heavy (non-hydrogen) atoms. The smallest absolute Gasteiger partial charge is 0.307 e. The maximum atomic E-state index is 10.9. The first kappa shape index (κ1) is 15.8. The normalized spacial score (nSPS) is 9.82. The number of hydrogen-bond donors (Lipinski definition) is 1. The van der Waals surface area contributed by atoms with Gasteiger partial charge < -0.3 is 5.11 Å². The fourth-order valence-electron chi connectivity index (χ4n) is 2.32. The summed E-state index contributed by atoms with van der Waals surface area (Å²) in [6, 6.07) is 26.0. The summed E-state index contributed by atoms with van der Waals surface area (Å²) in [5, 5.41) is 8.99. The number of hydrogen-bond acceptors (Lipinski definition) is 1. The third-order valence-electron chi connectivity index (χ3n) is 3.43. The van der Waals surface area contributed by atoms with Crippen LogP contribution in [-0.4, -0.2) is 11.1 Å². The molecule has 0 spiro atoms. The summed E-state index contributed by atoms with van der Waals surface area (Å²) >= 11 is 0. The molecule has 0 bridgehead atoms. The Kier molecular flexibility index (Phi) is 6.18. The Morgan fingerprint density at radius 2 is 1.18 bits per heavy atom. The van der Waals surface area contributed by atoms with E-state index in [9.17, 15) is 4.79 Å². The lowest BCUT2D eigenvalue weighted by Crippen LogP contribution is -2.04. The Morgan fingerprint density at radius 1 is 0.682 bits per heavy atom. The minimum Gasteiger partial charge on any atom is -0.481 e. The van der Waals surface area contributed by atoms with E-state index < -0.39 is 5.97 Å². The van der Waals surface area contributed by atoms with Crippen LogP contribution in [0.25, 0.3) is 0 Å². The number of benzene rings is 1. The van der Waals surface area contributed by atoms with E-state index in [-0.39, 0.29) is 6.42 Å². The Hall–Kier alpha value is -2.61. The van der Waals surface area contributed by atoms with Crippen molar-refractivity contribution < 1.29 is 9.90 Å². The molecule has 0 aromatic heterocycles. The van der Waals surface area contributed by atoms with Crippen molar-refractivity contribution >= 4 is 5.97 Å². The lowest BCUT2D eigenvalue weighted by molar-refractivity contribution is -0.136. The predicted octanol–water partition coefficient (Wildman–Crippen LogP) is 4.22. The van der Waals surface area contributed by atoms with Gasteiger partial charge in [-0.2, -0.15) is 0 Å². The molecule has 2 rings (SSSR count). The maximum absolute atomic E-state index is 10.9. The predicted molar refractivity (Wildman–Crippen MR) is 89.3 cm³/mol. The van der Waals surface area contributed by atoms with E-state index in [1.165, 1.54) is 5.56 Å². The van der Waals surface area contributed by atoms with E-state index >= 15 is 0 Å². The van der Waals surface area contributed by atoms with E-state index in [0.717, 1.165) is 24.0 Å². The topological polar surface area (TPSA) is 37.3 Å². The molecule has 0 unspecified atom stereocenters. The first-order valence-electron chi connectivity index (χ1n) is 7.41. The molecule has 2 heteroatoms. The van der Waals surface area contributed by atoms with Gasteiger partial charge in [0.2, 0.25) is 0 Å². The van der Waals surface area contributed by atoms with E-state index in [1.54, 1.807) is 0 Å². The van der Waals surface area contributed by atoms with Crippen LogP contribution in [0.3, 0.4) is 0 Å². The van der Waals surface area contributed by atoms with Gasteiger partial charge in [-0.15, -0.1) is 0 Å². The monoisotopic (exact) mass is 292 g/mol. The third kappa shape index (κ3) is 5.41. The van der Waals surface area contributed by atoms with Crippen LogP contribution >= 0.6 is 0 Å². The summed E-state index contributed by atoms with van der Waals surface area (Å²) in [6.45, 7) is 0. The summed E-state index contributed by atoms with van der Waals surface area (Å²) in [7, 11) is 0. The summed E-state index contributed by atoms with van der Waals surface area (Å²) in [5.74, 6) is -0.787. The summed E-state index contributed by atoms with van der Waals surface area (Å²) < 4.78 is 0. The lowest BCUT2D eigenvalue weighted by atomic mass is 9.98. The van der Waals surface area contributed by atoms with Gasteiger partial charge in [0.05, 0.1) is 6.42 Å². The average molecular weight is 292 g/mol. The largest absolute Gasteiger partial charge is 0.481 e. The SMILES string of the molecule is O=C(O)Cc1ccccc1CCc1ccccccccc1. The van der Waals surface area contributed by atoms with Crippen LogP contribution in [0, 0.1) is 0 Å². The zero-order valence-corrected chi connectivity index (χ0v) is 12.5. The molecule has 0 amide bonds. The fraction of sp³-hybridized carbons (Fsp3) is 0.150. The van der Waals surface area contributed by atoms with Gasteiger partial charge in [-0.25, -0.2) is 0 Å². The third-order valence-corrected chi connectivity index (χ3v) is 3.43. The number of aryl methyl sites for hydroxylation is 2. The molecule has 0 fully saturated rings. The van der Waals surface area contributed by atoms with Crippen LogP contribution in [0.5, 0.6) is 0 Å². The van der Waals surface area contributed by atoms with Crippen molar-refractivity contribution in [3.8, 4) is 0 Å². The van der Waals surface area contributed by atoms with Crippen molar-refractivity contribution in [3.05, 3.63) is 95.6 Å². The Labute approximate surface area is 131 Å². The molecule has 0 aliphatic rings. The van der Waals surface area contributed by atoms with Crippen molar-refractivity contribution in [3.63, 3.8) is 0 Å². The minimum absolute atomic E-state index is 0.0818. The summed E-state index contributed by atoms with van der Waals surface area (Å²) in [6.07, 6.45) is 1.81. The number of rotatable bonds is 5. The zero-order valence-electron chi connectivity index (χ0n) is 12.5. The molecule has 0 saturated heterocycles. The molecule has 0 saturated carbocycles. The van der Waals surface area contributed by atoms with Crippen LogP contribution in [-0.2, 0) is 24.1 Å². The molecule has 2 nitrogen and oxygen atoms in total. The van der Waals surface area contributed by atoms with Gasteiger partial charge in [0.25, 0.3) is 0 Å². The molecule has 1 N–H and O–H groups in total. The van der Waals surface area contributed by atoms with Crippen molar-refractivity contribution in [2.75, 3.05) is 0 Å². The zero-order chi connectivity index (χ0) is 15.6. The highest BCUT2D eigenvalue weighted by Crippen LogP contribution is 2.13. The summed E-state index contributed by atoms with van der Waals surface area (Å²) in [5.41, 5.74) is 3.23. The molecular formula is C20H20O2. The Balaban J connectivity index is 2.15. The second-order valence-electron chi connectivity index (χ2n) is 5.09.